The van der Waals surface area contributed by atoms with E-state index in [4.69, 9.17) is 0 Å². The summed E-state index contributed by atoms with van der Waals surface area (Å²) in [5, 5.41) is 6.12. The van der Waals surface area contributed by atoms with Crippen LogP contribution in [0.4, 0.5) is 10.6 Å². The van der Waals surface area contributed by atoms with E-state index in [0.29, 0.717) is 6.54 Å². The number of carbonyl (C=O) groups is 1. The summed E-state index contributed by atoms with van der Waals surface area (Å²) in [6.07, 6.45) is 2.59. The van der Waals surface area contributed by atoms with Gasteiger partial charge in [0.15, 0.2) is 0 Å². The van der Waals surface area contributed by atoms with Gasteiger partial charge in [0.2, 0.25) is 0 Å². The van der Waals surface area contributed by atoms with Gasteiger partial charge in [0, 0.05) is 38.9 Å². The van der Waals surface area contributed by atoms with Crippen molar-refractivity contribution in [2.75, 3.05) is 38.1 Å². The number of aromatic nitrogens is 1. The highest BCUT2D eigenvalue weighted by molar-refractivity contribution is 5.74. The number of nitrogens with zero attached hydrogens (tertiary/aromatic N) is 3. The molecule has 1 unspecified atom stereocenters. The number of carbonyl (C=O) groups excluding carboxylic acids is 1. The minimum Gasteiger partial charge on any atom is -0.354 e. The lowest BCUT2D eigenvalue weighted by molar-refractivity contribution is 0.236. The Morgan fingerprint density at radius 2 is 1.59 bits per heavy atom. The van der Waals surface area contributed by atoms with Gasteiger partial charge in [-0.05, 0) is 36.2 Å². The van der Waals surface area contributed by atoms with Crippen molar-refractivity contribution in [1.29, 1.82) is 0 Å². The van der Waals surface area contributed by atoms with Crippen LogP contribution < -0.4 is 15.5 Å². The van der Waals surface area contributed by atoms with E-state index in [1.165, 1.54) is 5.56 Å². The largest absolute Gasteiger partial charge is 0.354 e. The smallest absolute Gasteiger partial charge is 0.315 e. The molecule has 2 heterocycles. The van der Waals surface area contributed by atoms with Gasteiger partial charge in [-0.25, -0.2) is 9.78 Å². The third kappa shape index (κ3) is 6.08. The Hall–Kier alpha value is -3.38. The highest BCUT2D eigenvalue weighted by Gasteiger charge is 2.16. The molecule has 6 nitrogen and oxygen atoms in total. The molecule has 2 N–H and O–H groups in total. The summed E-state index contributed by atoms with van der Waals surface area (Å²) < 4.78 is 0. The third-order valence-corrected chi connectivity index (χ3v) is 5.88. The number of benzene rings is 2. The quantitative estimate of drug-likeness (QED) is 0.602. The van der Waals surface area contributed by atoms with Gasteiger partial charge in [-0.1, -0.05) is 66.7 Å². The van der Waals surface area contributed by atoms with E-state index >= 15 is 0 Å². The first kappa shape index (κ1) is 21.8. The average molecular weight is 430 g/mol. The molecule has 2 amide bonds. The van der Waals surface area contributed by atoms with E-state index in [9.17, 15) is 4.79 Å². The minimum atomic E-state index is -0.182. The molecule has 1 fully saturated rings. The predicted octanol–water partition coefficient (Wildman–Crippen LogP) is 3.62. The molecular formula is C26H31N5O. The van der Waals surface area contributed by atoms with Gasteiger partial charge < -0.3 is 20.4 Å². The van der Waals surface area contributed by atoms with Crippen molar-refractivity contribution >= 4 is 11.8 Å². The summed E-state index contributed by atoms with van der Waals surface area (Å²) >= 11 is 0. The van der Waals surface area contributed by atoms with Crippen molar-refractivity contribution in [2.24, 2.45) is 0 Å². The number of anilines is 1. The zero-order chi connectivity index (χ0) is 22.2. The van der Waals surface area contributed by atoms with Gasteiger partial charge in [0.25, 0.3) is 0 Å². The van der Waals surface area contributed by atoms with Gasteiger partial charge in [-0.15, -0.1) is 0 Å². The molecular weight excluding hydrogens is 398 g/mol. The van der Waals surface area contributed by atoms with E-state index in [-0.39, 0.29) is 12.1 Å². The Morgan fingerprint density at radius 3 is 2.25 bits per heavy atom. The molecule has 0 aliphatic carbocycles. The summed E-state index contributed by atoms with van der Waals surface area (Å²) in [5.41, 5.74) is 3.26. The molecule has 32 heavy (non-hydrogen) atoms. The first-order valence-electron chi connectivity index (χ1n) is 11.2. The Labute approximate surface area is 190 Å². The summed E-state index contributed by atoms with van der Waals surface area (Å²) in [6.45, 7) is 4.53. The number of hydrogen-bond acceptors (Lipinski definition) is 4. The molecule has 6 heteroatoms. The van der Waals surface area contributed by atoms with Crippen LogP contribution in [-0.2, 0) is 13.0 Å². The van der Waals surface area contributed by atoms with Crippen molar-refractivity contribution in [2.45, 2.75) is 19.0 Å². The topological polar surface area (TPSA) is 60.5 Å². The van der Waals surface area contributed by atoms with E-state index < -0.39 is 0 Å². The summed E-state index contributed by atoms with van der Waals surface area (Å²) in [6, 6.07) is 24.1. The fourth-order valence-electron chi connectivity index (χ4n) is 3.92. The number of rotatable bonds is 7. The van der Waals surface area contributed by atoms with Crippen LogP contribution in [0.2, 0.25) is 0 Å². The van der Waals surface area contributed by atoms with Crippen LogP contribution in [0.15, 0.2) is 79.0 Å². The second-order valence-electron chi connectivity index (χ2n) is 8.29. The normalized spacial score (nSPS) is 15.2. The SMILES string of the molecule is CN1CCN(c2ccc(CNC(=O)NC(Cc3ccccc3)c3ccccc3)cn2)CC1. The van der Waals surface area contributed by atoms with Crippen molar-refractivity contribution in [3.05, 3.63) is 95.7 Å². The Balaban J connectivity index is 1.33. The van der Waals surface area contributed by atoms with E-state index in [1.54, 1.807) is 0 Å². The van der Waals surface area contributed by atoms with Gasteiger partial charge in [0.05, 0.1) is 6.04 Å². The zero-order valence-electron chi connectivity index (χ0n) is 18.6. The molecule has 1 saturated heterocycles. The standard InChI is InChI=1S/C26H31N5O/c1-30-14-16-31(17-15-30)25-13-12-22(19-27-25)20-28-26(32)29-24(23-10-6-3-7-11-23)18-21-8-4-2-5-9-21/h2-13,19,24H,14-18,20H2,1H3,(H2,28,29,32). The molecule has 1 aliphatic heterocycles. The summed E-state index contributed by atoms with van der Waals surface area (Å²) in [7, 11) is 2.15. The van der Waals surface area contributed by atoms with Crippen LogP contribution in [0.3, 0.4) is 0 Å². The minimum absolute atomic E-state index is 0.101. The highest BCUT2D eigenvalue weighted by Crippen LogP contribution is 2.18. The lowest BCUT2D eigenvalue weighted by Gasteiger charge is -2.33. The molecule has 1 aliphatic rings. The third-order valence-electron chi connectivity index (χ3n) is 5.88. The average Bonchev–Trinajstić information content (AvgIpc) is 2.84. The molecule has 0 spiro atoms. The first-order valence-corrected chi connectivity index (χ1v) is 11.2. The molecule has 0 radical (unpaired) electrons. The van der Waals surface area contributed by atoms with Gasteiger partial charge in [0.1, 0.15) is 5.82 Å². The second-order valence-corrected chi connectivity index (χ2v) is 8.29. The Morgan fingerprint density at radius 1 is 0.906 bits per heavy atom. The van der Waals surface area contributed by atoms with Crippen LogP contribution in [0.5, 0.6) is 0 Å². The lowest BCUT2D eigenvalue weighted by Crippen LogP contribution is -2.44. The van der Waals surface area contributed by atoms with Crippen LogP contribution in [-0.4, -0.2) is 49.1 Å². The zero-order valence-corrected chi connectivity index (χ0v) is 18.6. The fourth-order valence-corrected chi connectivity index (χ4v) is 3.92. The van der Waals surface area contributed by atoms with Crippen LogP contribution >= 0.6 is 0 Å². The number of piperazine rings is 1. The van der Waals surface area contributed by atoms with Crippen molar-refractivity contribution in [3.8, 4) is 0 Å². The monoisotopic (exact) mass is 429 g/mol. The van der Waals surface area contributed by atoms with Crippen molar-refractivity contribution < 1.29 is 4.79 Å². The molecule has 2 aromatic carbocycles. The molecule has 0 saturated carbocycles. The molecule has 1 atom stereocenters. The maximum Gasteiger partial charge on any atom is 0.315 e. The maximum atomic E-state index is 12.7. The number of pyridine rings is 1. The molecule has 4 rings (SSSR count). The van der Waals surface area contributed by atoms with Gasteiger partial charge >= 0.3 is 6.03 Å². The predicted molar refractivity (Wildman–Crippen MR) is 129 cm³/mol. The van der Waals surface area contributed by atoms with Crippen LogP contribution in [0.1, 0.15) is 22.7 Å². The van der Waals surface area contributed by atoms with Crippen molar-refractivity contribution in [1.82, 2.24) is 20.5 Å². The van der Waals surface area contributed by atoms with Gasteiger partial charge in [-0.2, -0.15) is 0 Å². The maximum absolute atomic E-state index is 12.7. The Bertz CT molecular complexity index is 970. The van der Waals surface area contributed by atoms with Crippen LogP contribution in [0, 0.1) is 0 Å². The second kappa shape index (κ2) is 10.8. The van der Waals surface area contributed by atoms with Crippen molar-refractivity contribution in [3.63, 3.8) is 0 Å². The first-order chi connectivity index (χ1) is 15.7. The number of urea groups is 1. The van der Waals surface area contributed by atoms with Crippen LogP contribution in [0.25, 0.3) is 0 Å². The number of nitrogens with one attached hydrogen (secondary N) is 2. The Kier molecular flexibility index (Phi) is 7.35. The molecule has 166 valence electrons. The van der Waals surface area contributed by atoms with E-state index in [1.807, 2.05) is 54.7 Å². The molecule has 0 bridgehead atoms. The van der Waals surface area contributed by atoms with E-state index in [2.05, 4.69) is 56.7 Å². The molecule has 1 aromatic heterocycles. The summed E-state index contributed by atoms with van der Waals surface area (Å²) in [4.78, 5) is 21.9. The van der Waals surface area contributed by atoms with Gasteiger partial charge in [-0.3, -0.25) is 0 Å². The fraction of sp³-hybridized carbons (Fsp3) is 0.308. The lowest BCUT2D eigenvalue weighted by atomic mass is 9.99. The molecule has 3 aromatic rings. The number of hydrogen-bond donors (Lipinski definition) is 2. The highest BCUT2D eigenvalue weighted by atomic mass is 16.2. The summed E-state index contributed by atoms with van der Waals surface area (Å²) in [5.74, 6) is 0.998. The number of likely N-dealkylation sites (N-methyl/N-ethyl adjacent to an activating group) is 1. The van der Waals surface area contributed by atoms with E-state index in [0.717, 1.165) is 49.5 Å². The number of amides is 2.